The number of benzene rings is 2. The molecular formula is C34H37F3N2O3. The maximum absolute atomic E-state index is 12.7. The molecule has 5 nitrogen and oxygen atoms in total. The molecule has 8 heteroatoms. The van der Waals surface area contributed by atoms with E-state index in [0.717, 1.165) is 60.6 Å². The highest BCUT2D eigenvalue weighted by Crippen LogP contribution is 2.30. The minimum absolute atomic E-state index is 0.312. The molecule has 0 saturated heterocycles. The number of nitrogens with one attached hydrogen (secondary N) is 1. The first kappa shape index (κ1) is 30.6. The standard InChI is InChI=1S/C34H37F3N2O3/c1-4-6-10-27(5-2)33-31(39(3)24-42-33)11-8-7-9-25-14-19-30(20-15-25)40-22-29-23-41-32(38-29)21-16-26-12-17-28(18-13-26)34(35,36)37/h4-6,10,12-21,23,32,38H,2,7-9,11,22,24H2,1,3H3/b6-4-,21-16+,27-10+. The van der Waals surface area contributed by atoms with Crippen LogP contribution in [-0.4, -0.2) is 31.5 Å². The quantitative estimate of drug-likeness (QED) is 0.192. The van der Waals surface area contributed by atoms with Crippen LogP contribution in [0.3, 0.4) is 0 Å². The molecule has 2 aromatic rings. The van der Waals surface area contributed by atoms with Crippen molar-refractivity contribution in [2.45, 2.75) is 45.0 Å². The van der Waals surface area contributed by atoms with Gasteiger partial charge in [0.1, 0.15) is 24.4 Å². The summed E-state index contributed by atoms with van der Waals surface area (Å²) >= 11 is 0. The molecule has 1 N–H and O–H groups in total. The number of rotatable bonds is 13. The van der Waals surface area contributed by atoms with Gasteiger partial charge < -0.3 is 24.4 Å². The molecule has 2 aliphatic rings. The molecule has 1 unspecified atom stereocenters. The zero-order valence-electron chi connectivity index (χ0n) is 24.0. The summed E-state index contributed by atoms with van der Waals surface area (Å²) in [6.45, 7) is 6.80. The lowest BCUT2D eigenvalue weighted by Crippen LogP contribution is -2.24. The van der Waals surface area contributed by atoms with Gasteiger partial charge in [-0.2, -0.15) is 13.2 Å². The summed E-state index contributed by atoms with van der Waals surface area (Å²) in [5.41, 5.74) is 4.22. The van der Waals surface area contributed by atoms with E-state index >= 15 is 0 Å². The molecule has 0 radical (unpaired) electrons. The Hall–Kier alpha value is -4.33. The number of hydrogen-bond acceptors (Lipinski definition) is 5. The predicted octanol–water partition coefficient (Wildman–Crippen LogP) is 8.12. The van der Waals surface area contributed by atoms with Crippen LogP contribution in [0.1, 0.15) is 42.9 Å². The Morgan fingerprint density at radius 2 is 1.83 bits per heavy atom. The van der Waals surface area contributed by atoms with E-state index in [1.54, 1.807) is 18.4 Å². The van der Waals surface area contributed by atoms with E-state index in [9.17, 15) is 13.2 Å². The van der Waals surface area contributed by atoms with Gasteiger partial charge in [0.15, 0.2) is 13.0 Å². The summed E-state index contributed by atoms with van der Waals surface area (Å²) in [6, 6.07) is 13.1. The van der Waals surface area contributed by atoms with E-state index in [1.165, 1.54) is 23.4 Å². The van der Waals surface area contributed by atoms with E-state index < -0.39 is 18.0 Å². The molecule has 42 heavy (non-hydrogen) atoms. The van der Waals surface area contributed by atoms with Crippen molar-refractivity contribution in [1.29, 1.82) is 0 Å². The number of nitrogens with zero attached hydrogens (tertiary/aromatic N) is 1. The van der Waals surface area contributed by atoms with Gasteiger partial charge in [0.05, 0.1) is 17.0 Å². The van der Waals surface area contributed by atoms with Crippen molar-refractivity contribution in [1.82, 2.24) is 10.2 Å². The van der Waals surface area contributed by atoms with Crippen LogP contribution in [0.5, 0.6) is 5.75 Å². The molecule has 0 bridgehead atoms. The van der Waals surface area contributed by atoms with Gasteiger partial charge in [-0.05, 0) is 74.1 Å². The van der Waals surface area contributed by atoms with Gasteiger partial charge >= 0.3 is 6.18 Å². The first-order valence-corrected chi connectivity index (χ1v) is 14.0. The second-order valence-corrected chi connectivity index (χ2v) is 10.1. The van der Waals surface area contributed by atoms with Crippen molar-refractivity contribution in [2.75, 3.05) is 20.4 Å². The largest absolute Gasteiger partial charge is 0.487 e. The van der Waals surface area contributed by atoms with Crippen molar-refractivity contribution in [3.63, 3.8) is 0 Å². The van der Waals surface area contributed by atoms with Crippen molar-refractivity contribution in [2.24, 2.45) is 0 Å². The van der Waals surface area contributed by atoms with E-state index in [4.69, 9.17) is 14.2 Å². The highest BCUT2D eigenvalue weighted by Gasteiger charge is 2.29. The van der Waals surface area contributed by atoms with Crippen molar-refractivity contribution in [3.8, 4) is 5.75 Å². The summed E-state index contributed by atoms with van der Waals surface area (Å²) < 4.78 is 55.6. The lowest BCUT2D eigenvalue weighted by atomic mass is 10.0. The number of hydrogen-bond donors (Lipinski definition) is 1. The SMILES string of the molecule is C=C/C(=C\C=C/C)C1=C(CCCCc2ccc(OCC3=COC(/C=C/c4ccc(C(F)(F)F)cc4)N3)cc2)N(C)CO1. The lowest BCUT2D eigenvalue weighted by Gasteiger charge is -2.13. The Bertz CT molecular complexity index is 1350. The molecule has 0 spiro atoms. The maximum atomic E-state index is 12.7. The highest BCUT2D eigenvalue weighted by molar-refractivity contribution is 5.50. The third kappa shape index (κ3) is 8.59. The first-order valence-electron chi connectivity index (χ1n) is 14.0. The third-order valence-corrected chi connectivity index (χ3v) is 6.91. The van der Waals surface area contributed by atoms with Crippen LogP contribution in [0.25, 0.3) is 6.08 Å². The van der Waals surface area contributed by atoms with Crippen LogP contribution in [-0.2, 0) is 22.1 Å². The smallest absolute Gasteiger partial charge is 0.416 e. The second kappa shape index (κ2) is 14.5. The van der Waals surface area contributed by atoms with Crippen LogP contribution < -0.4 is 10.1 Å². The molecule has 222 valence electrons. The number of aryl methyl sites for hydroxylation is 1. The average Bonchev–Trinajstić information content (AvgIpc) is 3.60. The van der Waals surface area contributed by atoms with Crippen molar-refractivity contribution < 1.29 is 27.4 Å². The summed E-state index contributed by atoms with van der Waals surface area (Å²) in [5.74, 6) is 1.68. The van der Waals surface area contributed by atoms with Gasteiger partial charge in [-0.25, -0.2) is 0 Å². The number of unbranched alkanes of at least 4 members (excludes halogenated alkanes) is 1. The molecular weight excluding hydrogens is 541 g/mol. The molecule has 2 heterocycles. The third-order valence-electron chi connectivity index (χ3n) is 6.91. The van der Waals surface area contributed by atoms with Gasteiger partial charge in [0, 0.05) is 12.6 Å². The molecule has 0 amide bonds. The summed E-state index contributed by atoms with van der Waals surface area (Å²) in [6.07, 6.45) is 12.2. The van der Waals surface area contributed by atoms with E-state index in [2.05, 4.69) is 36.0 Å². The minimum atomic E-state index is -4.34. The number of alkyl halides is 3. The molecule has 0 fully saturated rings. The van der Waals surface area contributed by atoms with Crippen LogP contribution in [0.15, 0.2) is 114 Å². The van der Waals surface area contributed by atoms with Gasteiger partial charge in [0.25, 0.3) is 0 Å². The van der Waals surface area contributed by atoms with Crippen LogP contribution in [0.4, 0.5) is 13.2 Å². The Labute approximate surface area is 246 Å². The molecule has 2 aliphatic heterocycles. The van der Waals surface area contributed by atoms with Crippen LogP contribution in [0.2, 0.25) is 0 Å². The summed E-state index contributed by atoms with van der Waals surface area (Å²) in [4.78, 5) is 2.16. The number of allylic oxidation sites excluding steroid dienone is 5. The fraction of sp³-hybridized carbons (Fsp3) is 0.294. The first-order chi connectivity index (χ1) is 20.3. The summed E-state index contributed by atoms with van der Waals surface area (Å²) in [5, 5.41) is 3.18. The van der Waals surface area contributed by atoms with E-state index in [-0.39, 0.29) is 0 Å². The molecule has 2 aromatic carbocycles. The monoisotopic (exact) mass is 578 g/mol. The topological polar surface area (TPSA) is 43.0 Å². The normalized spacial score (nSPS) is 17.5. The molecule has 0 saturated carbocycles. The Morgan fingerprint density at radius 3 is 2.52 bits per heavy atom. The fourth-order valence-corrected chi connectivity index (χ4v) is 4.58. The molecule has 1 atom stereocenters. The lowest BCUT2D eigenvalue weighted by molar-refractivity contribution is -0.137. The van der Waals surface area contributed by atoms with Gasteiger partial charge in [-0.15, -0.1) is 0 Å². The van der Waals surface area contributed by atoms with Crippen molar-refractivity contribution in [3.05, 3.63) is 131 Å². The average molecular weight is 579 g/mol. The Morgan fingerprint density at radius 1 is 1.10 bits per heavy atom. The van der Waals surface area contributed by atoms with Crippen LogP contribution >= 0.6 is 0 Å². The second-order valence-electron chi connectivity index (χ2n) is 10.1. The Balaban J connectivity index is 1.18. The molecule has 4 rings (SSSR count). The highest BCUT2D eigenvalue weighted by atomic mass is 19.4. The Kier molecular flexibility index (Phi) is 10.6. The zero-order chi connectivity index (χ0) is 30.0. The van der Waals surface area contributed by atoms with E-state index in [0.29, 0.717) is 18.9 Å². The molecule has 0 aliphatic carbocycles. The van der Waals surface area contributed by atoms with E-state index in [1.807, 2.05) is 43.4 Å². The number of ether oxygens (including phenoxy) is 3. The van der Waals surface area contributed by atoms with Gasteiger partial charge in [0.2, 0.25) is 0 Å². The number of halogens is 3. The predicted molar refractivity (Wildman–Crippen MR) is 160 cm³/mol. The minimum Gasteiger partial charge on any atom is -0.487 e. The van der Waals surface area contributed by atoms with Gasteiger partial charge in [-0.1, -0.05) is 61.2 Å². The van der Waals surface area contributed by atoms with Crippen LogP contribution in [0, 0.1) is 0 Å². The van der Waals surface area contributed by atoms with Crippen molar-refractivity contribution >= 4 is 6.08 Å². The van der Waals surface area contributed by atoms with Gasteiger partial charge in [-0.3, -0.25) is 0 Å². The zero-order valence-corrected chi connectivity index (χ0v) is 24.0. The summed E-state index contributed by atoms with van der Waals surface area (Å²) in [7, 11) is 2.06. The maximum Gasteiger partial charge on any atom is 0.416 e. The molecule has 0 aromatic heterocycles. The fourth-order valence-electron chi connectivity index (χ4n) is 4.58.